The summed E-state index contributed by atoms with van der Waals surface area (Å²) in [6.07, 6.45) is 1.94. The van der Waals surface area contributed by atoms with E-state index < -0.39 is 0 Å². The molecule has 0 spiro atoms. The Morgan fingerprint density at radius 1 is 1.40 bits per heavy atom. The van der Waals surface area contributed by atoms with Gasteiger partial charge in [0.1, 0.15) is 5.82 Å². The van der Waals surface area contributed by atoms with E-state index in [1.54, 1.807) is 6.92 Å². The van der Waals surface area contributed by atoms with Crippen molar-refractivity contribution in [1.29, 1.82) is 0 Å². The number of benzene rings is 1. The summed E-state index contributed by atoms with van der Waals surface area (Å²) in [5.74, 6) is 0.896. The van der Waals surface area contributed by atoms with E-state index in [9.17, 15) is 4.79 Å². The summed E-state index contributed by atoms with van der Waals surface area (Å²) in [7, 11) is 0. The largest absolute Gasteiger partial charge is 0.320 e. The summed E-state index contributed by atoms with van der Waals surface area (Å²) in [5.41, 5.74) is 2.80. The van der Waals surface area contributed by atoms with Crippen LogP contribution in [0, 0.1) is 0 Å². The highest BCUT2D eigenvalue weighted by Crippen LogP contribution is 2.26. The summed E-state index contributed by atoms with van der Waals surface area (Å²) in [5, 5.41) is 0. The first kappa shape index (κ1) is 8.41. The minimum atomic E-state index is 0.0871. The maximum Gasteiger partial charge on any atom is 0.163 e. The molecule has 0 radical (unpaired) electrons. The highest BCUT2D eigenvalue weighted by molar-refractivity contribution is 6.19. The molecule has 1 aromatic carbocycles. The molecule has 0 fully saturated rings. The third-order valence-corrected chi connectivity index (χ3v) is 2.75. The number of rotatable bonds is 1. The molecule has 3 heteroatoms. The number of allylic oxidation sites excluding steroid dienone is 2. The van der Waals surface area contributed by atoms with Gasteiger partial charge in [-0.15, -0.1) is 0 Å². The number of hydrogen-bond acceptors (Lipinski definition) is 2. The molecule has 1 aliphatic heterocycles. The van der Waals surface area contributed by atoms with Crippen molar-refractivity contribution in [2.24, 2.45) is 0 Å². The van der Waals surface area contributed by atoms with Crippen LogP contribution in [-0.2, 0) is 11.3 Å². The molecule has 0 unspecified atom stereocenters. The Labute approximate surface area is 87.0 Å². The lowest BCUT2D eigenvalue weighted by molar-refractivity contribution is -0.111. The average molecular weight is 198 g/mol. The van der Waals surface area contributed by atoms with E-state index in [0.29, 0.717) is 0 Å². The summed E-state index contributed by atoms with van der Waals surface area (Å²) < 4.78 is 2.08. The fourth-order valence-electron chi connectivity index (χ4n) is 2.04. The molecular weight excluding hydrogens is 188 g/mol. The van der Waals surface area contributed by atoms with E-state index in [4.69, 9.17) is 0 Å². The van der Waals surface area contributed by atoms with Gasteiger partial charge in [0.2, 0.25) is 0 Å². The molecule has 15 heavy (non-hydrogen) atoms. The molecule has 74 valence electrons. The van der Waals surface area contributed by atoms with Gasteiger partial charge in [-0.2, -0.15) is 0 Å². The number of fused-ring (bicyclic) bond motifs is 3. The summed E-state index contributed by atoms with van der Waals surface area (Å²) in [6, 6.07) is 7.95. The van der Waals surface area contributed by atoms with E-state index in [1.165, 1.54) is 0 Å². The summed E-state index contributed by atoms with van der Waals surface area (Å²) >= 11 is 0. The van der Waals surface area contributed by atoms with Crippen molar-refractivity contribution in [3.8, 4) is 0 Å². The van der Waals surface area contributed by atoms with Gasteiger partial charge in [-0.3, -0.25) is 4.79 Å². The lowest BCUT2D eigenvalue weighted by Gasteiger charge is -1.97. The Morgan fingerprint density at radius 2 is 2.20 bits per heavy atom. The van der Waals surface area contributed by atoms with Gasteiger partial charge in [-0.25, -0.2) is 4.98 Å². The molecular formula is C12H10N2O. The molecule has 3 nitrogen and oxygen atoms in total. The fraction of sp³-hybridized carbons (Fsp3) is 0.167. The van der Waals surface area contributed by atoms with Crippen LogP contribution in [-0.4, -0.2) is 15.3 Å². The van der Waals surface area contributed by atoms with E-state index in [1.807, 2.05) is 30.3 Å². The topological polar surface area (TPSA) is 34.9 Å². The molecule has 0 N–H and O–H groups in total. The zero-order valence-corrected chi connectivity index (χ0v) is 8.40. The Balaban J connectivity index is 2.30. The predicted octanol–water partition coefficient (Wildman–Crippen LogP) is 2.02. The second kappa shape index (κ2) is 2.79. The minimum absolute atomic E-state index is 0.0871. The molecule has 0 aliphatic carbocycles. The summed E-state index contributed by atoms with van der Waals surface area (Å²) in [4.78, 5) is 15.8. The van der Waals surface area contributed by atoms with E-state index >= 15 is 0 Å². The van der Waals surface area contributed by atoms with Crippen molar-refractivity contribution in [2.75, 3.05) is 0 Å². The van der Waals surface area contributed by atoms with Gasteiger partial charge in [0.15, 0.2) is 5.78 Å². The van der Waals surface area contributed by atoms with E-state index in [2.05, 4.69) is 9.55 Å². The number of ketones is 1. The molecule has 1 aromatic heterocycles. The smallest absolute Gasteiger partial charge is 0.163 e. The Morgan fingerprint density at radius 3 is 3.00 bits per heavy atom. The zero-order valence-electron chi connectivity index (χ0n) is 8.40. The first-order chi connectivity index (χ1) is 7.27. The van der Waals surface area contributed by atoms with Crippen molar-refractivity contribution < 1.29 is 4.79 Å². The maximum atomic E-state index is 11.4. The lowest BCUT2D eigenvalue weighted by Crippen LogP contribution is -1.97. The van der Waals surface area contributed by atoms with Crippen LogP contribution in [0.4, 0.5) is 0 Å². The van der Waals surface area contributed by atoms with Crippen LogP contribution >= 0.6 is 0 Å². The Bertz CT molecular complexity index is 593. The van der Waals surface area contributed by atoms with Crippen molar-refractivity contribution >= 4 is 22.4 Å². The van der Waals surface area contributed by atoms with Gasteiger partial charge < -0.3 is 4.57 Å². The second-order valence-electron chi connectivity index (χ2n) is 3.71. The molecule has 3 rings (SSSR count). The van der Waals surface area contributed by atoms with Crippen LogP contribution in [0.2, 0.25) is 0 Å². The van der Waals surface area contributed by atoms with E-state index in [-0.39, 0.29) is 5.78 Å². The number of hydrogen-bond donors (Lipinski definition) is 0. The molecule has 0 atom stereocenters. The number of imidazole rings is 1. The second-order valence-corrected chi connectivity index (χ2v) is 3.71. The predicted molar refractivity (Wildman–Crippen MR) is 58.4 cm³/mol. The number of Topliss-reactive ketones (excluding diaryl/α,β-unsaturated/α-hetero) is 1. The molecule has 1 aliphatic rings. The van der Waals surface area contributed by atoms with Gasteiger partial charge in [-0.1, -0.05) is 18.2 Å². The van der Waals surface area contributed by atoms with Crippen LogP contribution in [0.3, 0.4) is 0 Å². The van der Waals surface area contributed by atoms with Crippen LogP contribution in [0.5, 0.6) is 0 Å². The van der Waals surface area contributed by atoms with Gasteiger partial charge in [0.25, 0.3) is 0 Å². The Hall–Kier alpha value is -1.90. The summed E-state index contributed by atoms with van der Waals surface area (Å²) in [6.45, 7) is 2.34. The highest BCUT2D eigenvalue weighted by Gasteiger charge is 2.21. The molecule has 0 bridgehead atoms. The van der Waals surface area contributed by atoms with Crippen LogP contribution in [0.1, 0.15) is 12.7 Å². The third kappa shape index (κ3) is 1.06. The first-order valence-electron chi connectivity index (χ1n) is 4.94. The Kier molecular flexibility index (Phi) is 1.57. The zero-order chi connectivity index (χ0) is 10.4. The quantitative estimate of drug-likeness (QED) is 0.702. The molecule has 2 aromatic rings. The molecule has 0 saturated heterocycles. The van der Waals surface area contributed by atoms with E-state index in [0.717, 1.165) is 29.0 Å². The monoisotopic (exact) mass is 198 g/mol. The standard InChI is InChI=1S/C12H10N2O/c1-8(15)9-6-7-14-11-5-3-2-4-10(11)13-12(9)14/h2-6H,7H2,1H3. The van der Waals surface area contributed by atoms with Crippen molar-refractivity contribution in [3.05, 3.63) is 36.2 Å². The number of carbonyl (C=O) groups is 1. The van der Waals surface area contributed by atoms with Crippen LogP contribution < -0.4 is 0 Å². The van der Waals surface area contributed by atoms with Gasteiger partial charge in [0, 0.05) is 6.54 Å². The number of aromatic nitrogens is 2. The number of para-hydroxylation sites is 2. The van der Waals surface area contributed by atoms with Crippen LogP contribution in [0.15, 0.2) is 30.3 Å². The fourth-order valence-corrected chi connectivity index (χ4v) is 2.04. The molecule has 2 heterocycles. The van der Waals surface area contributed by atoms with Crippen molar-refractivity contribution in [3.63, 3.8) is 0 Å². The highest BCUT2D eigenvalue weighted by atomic mass is 16.1. The number of nitrogens with zero attached hydrogens (tertiary/aromatic N) is 2. The molecule has 0 saturated carbocycles. The number of carbonyl (C=O) groups excluding carboxylic acids is 1. The maximum absolute atomic E-state index is 11.4. The minimum Gasteiger partial charge on any atom is -0.320 e. The van der Waals surface area contributed by atoms with Crippen molar-refractivity contribution in [1.82, 2.24) is 9.55 Å². The first-order valence-corrected chi connectivity index (χ1v) is 4.94. The van der Waals surface area contributed by atoms with Gasteiger partial charge in [0.05, 0.1) is 16.6 Å². The van der Waals surface area contributed by atoms with Crippen molar-refractivity contribution in [2.45, 2.75) is 13.5 Å². The SMILES string of the molecule is CC(=O)C1=CCn2c1nc1ccccc12. The van der Waals surface area contributed by atoms with Gasteiger partial charge in [-0.05, 0) is 19.1 Å². The lowest BCUT2D eigenvalue weighted by atomic mass is 10.2. The normalized spacial score (nSPS) is 14.1. The van der Waals surface area contributed by atoms with Gasteiger partial charge >= 0.3 is 0 Å². The third-order valence-electron chi connectivity index (χ3n) is 2.75. The average Bonchev–Trinajstić information content (AvgIpc) is 2.74. The van der Waals surface area contributed by atoms with Crippen LogP contribution in [0.25, 0.3) is 16.6 Å². The molecule has 0 amide bonds.